The Bertz CT molecular complexity index is 382. The van der Waals surface area contributed by atoms with Gasteiger partial charge >= 0.3 is 0 Å². The third-order valence-electron chi connectivity index (χ3n) is 2.05. The first kappa shape index (κ1) is 20.8. The summed E-state index contributed by atoms with van der Waals surface area (Å²) < 4.78 is 3.90. The smallest absolute Gasteiger partial charge is 0.236 e. The van der Waals surface area contributed by atoms with Crippen molar-refractivity contribution < 1.29 is 57.1 Å². The predicted molar refractivity (Wildman–Crippen MR) is 69.7 cm³/mol. The van der Waals surface area contributed by atoms with E-state index in [1.54, 1.807) is 0 Å². The van der Waals surface area contributed by atoms with Crippen LogP contribution in [0.2, 0.25) is 0 Å². The molecule has 0 saturated carbocycles. The predicted octanol–water partition coefficient (Wildman–Crippen LogP) is -4.39. The third-order valence-corrected chi connectivity index (χ3v) is 2.98. The van der Waals surface area contributed by atoms with Crippen LogP contribution in [-0.2, 0) is 14.1 Å². The van der Waals surface area contributed by atoms with Gasteiger partial charge in [0, 0.05) is 24.3 Å². The molecule has 0 amide bonds. The second kappa shape index (κ2) is 11.3. The van der Waals surface area contributed by atoms with Crippen LogP contribution in [0.5, 0.6) is 0 Å². The Morgan fingerprint density at radius 3 is 1.22 bits per heavy atom. The van der Waals surface area contributed by atoms with Gasteiger partial charge in [0.25, 0.3) is 0 Å². The Morgan fingerprint density at radius 2 is 1.06 bits per heavy atom. The summed E-state index contributed by atoms with van der Waals surface area (Å²) in [5.41, 5.74) is 0. The number of thiol groups is 2. The van der Waals surface area contributed by atoms with E-state index in [1.165, 1.54) is 0 Å². The lowest BCUT2D eigenvalue weighted by atomic mass is 10.5. The van der Waals surface area contributed by atoms with Crippen LogP contribution in [0.25, 0.3) is 0 Å². The summed E-state index contributed by atoms with van der Waals surface area (Å²) >= 11 is 8.32. The topological polar surface area (TPSA) is 7.76 Å². The van der Waals surface area contributed by atoms with Crippen LogP contribution in [0.15, 0.2) is 58.8 Å². The summed E-state index contributed by atoms with van der Waals surface area (Å²) in [5.74, 6) is 0. The van der Waals surface area contributed by atoms with Crippen LogP contribution in [0, 0.1) is 0 Å². The maximum Gasteiger partial charge on any atom is 0.236 e. The van der Waals surface area contributed by atoms with Crippen molar-refractivity contribution in [2.24, 2.45) is 14.1 Å². The molecule has 2 heterocycles. The monoisotopic (exact) mass is 506 g/mol. The molecule has 18 heavy (non-hydrogen) atoms. The molecule has 0 radical (unpaired) electrons. The minimum Gasteiger partial charge on any atom is -1.00 e. The van der Waals surface area contributed by atoms with Crippen LogP contribution in [0.4, 0.5) is 0 Å². The van der Waals surface area contributed by atoms with E-state index in [1.807, 2.05) is 72.0 Å². The molecule has 0 aliphatic heterocycles. The number of aromatic nitrogens is 2. The molecular weight excluding hydrogens is 490 g/mol. The van der Waals surface area contributed by atoms with Gasteiger partial charge in [0.2, 0.25) is 10.1 Å². The molecule has 0 N–H and O–H groups in total. The number of halogens is 2. The molecule has 6 heteroatoms. The van der Waals surface area contributed by atoms with Crippen molar-refractivity contribution in [3.63, 3.8) is 0 Å². The molecule has 0 bridgehead atoms. The molecule has 100 valence electrons. The fourth-order valence-corrected chi connectivity index (χ4v) is 1.33. The molecule has 0 aromatic carbocycles. The number of aryl methyl sites for hydroxylation is 2. The minimum absolute atomic E-state index is 0. The van der Waals surface area contributed by atoms with Crippen molar-refractivity contribution in [1.29, 1.82) is 0 Å². The average Bonchev–Trinajstić information content (AvgIpc) is 2.28. The summed E-state index contributed by atoms with van der Waals surface area (Å²) in [4.78, 5) is 0. The van der Waals surface area contributed by atoms with E-state index in [2.05, 4.69) is 25.3 Å². The van der Waals surface area contributed by atoms with E-state index in [4.69, 9.17) is 0 Å². The van der Waals surface area contributed by atoms with E-state index in [-0.39, 0.29) is 48.0 Å². The van der Waals surface area contributed by atoms with Gasteiger partial charge in [-0.15, -0.1) is 0 Å². The molecule has 0 atom stereocenters. The summed E-state index contributed by atoms with van der Waals surface area (Å²) in [6.45, 7) is 0. The molecule has 0 saturated heterocycles. The van der Waals surface area contributed by atoms with Crippen molar-refractivity contribution in [2.75, 3.05) is 0 Å². The minimum atomic E-state index is 0. The van der Waals surface area contributed by atoms with Crippen LogP contribution in [0.1, 0.15) is 0 Å². The first-order valence-electron chi connectivity index (χ1n) is 4.88. The van der Waals surface area contributed by atoms with Gasteiger partial charge in [0.15, 0.2) is 12.4 Å². The number of nitrogens with zero attached hydrogens (tertiary/aromatic N) is 2. The molecular formula is C12H16I2N2S2. The zero-order valence-electron chi connectivity index (χ0n) is 10.2. The lowest BCUT2D eigenvalue weighted by molar-refractivity contribution is -0.708. The van der Waals surface area contributed by atoms with Gasteiger partial charge < -0.3 is 48.0 Å². The van der Waals surface area contributed by atoms with Crippen molar-refractivity contribution in [1.82, 2.24) is 0 Å². The zero-order chi connectivity index (χ0) is 12.0. The second-order valence-electron chi connectivity index (χ2n) is 3.34. The molecule has 0 spiro atoms. The Kier molecular flexibility index (Phi) is 13.0. The molecule has 2 aromatic rings. The van der Waals surface area contributed by atoms with Gasteiger partial charge in [-0.2, -0.15) is 9.13 Å². The molecule has 0 aliphatic rings. The summed E-state index contributed by atoms with van der Waals surface area (Å²) in [6, 6.07) is 11.8. The number of hydrogen-bond donors (Lipinski definition) is 2. The number of hydrogen-bond acceptors (Lipinski definition) is 2. The Hall–Kier alpha value is 0.460. The normalized spacial score (nSPS) is 8.22. The summed E-state index contributed by atoms with van der Waals surface area (Å²) in [6.07, 6.45) is 3.92. The van der Waals surface area contributed by atoms with Crippen molar-refractivity contribution in [3.8, 4) is 0 Å². The molecule has 0 fully saturated rings. The molecule has 0 aliphatic carbocycles. The van der Waals surface area contributed by atoms with Crippen LogP contribution in [-0.4, -0.2) is 0 Å². The molecule has 2 rings (SSSR count). The number of rotatable bonds is 0. The van der Waals surface area contributed by atoms with E-state index in [0.717, 1.165) is 10.1 Å². The summed E-state index contributed by atoms with van der Waals surface area (Å²) in [5, 5.41) is 1.96. The van der Waals surface area contributed by atoms with Gasteiger partial charge in [-0.25, -0.2) is 0 Å². The quantitative estimate of drug-likeness (QED) is 0.203. The van der Waals surface area contributed by atoms with Gasteiger partial charge in [-0.3, -0.25) is 0 Å². The standard InChI is InChI=1S/2C6H7NS.2HI/c2*1-7-5-3-2-4-6(7)8;;/h2*2-5H,1H3;2*1H. The fraction of sp³-hybridized carbons (Fsp3) is 0.167. The van der Waals surface area contributed by atoms with E-state index >= 15 is 0 Å². The molecule has 2 aromatic heterocycles. The van der Waals surface area contributed by atoms with E-state index in [0.29, 0.717) is 0 Å². The van der Waals surface area contributed by atoms with E-state index in [9.17, 15) is 0 Å². The van der Waals surface area contributed by atoms with Gasteiger partial charge in [0.1, 0.15) is 14.1 Å². The van der Waals surface area contributed by atoms with Crippen molar-refractivity contribution in [2.45, 2.75) is 10.1 Å². The highest BCUT2D eigenvalue weighted by atomic mass is 127. The van der Waals surface area contributed by atoms with E-state index < -0.39 is 0 Å². The Morgan fingerprint density at radius 1 is 0.722 bits per heavy atom. The highest BCUT2D eigenvalue weighted by Crippen LogP contribution is 1.93. The first-order chi connectivity index (χ1) is 7.61. The average molecular weight is 506 g/mol. The Balaban J connectivity index is 0. The first-order valence-corrected chi connectivity index (χ1v) is 5.78. The second-order valence-corrected chi connectivity index (χ2v) is 4.26. The van der Waals surface area contributed by atoms with Crippen LogP contribution < -0.4 is 57.1 Å². The SMILES string of the molecule is C[n+]1ccccc1S.C[n+]1ccccc1S.[I-].[I-]. The van der Waals surface area contributed by atoms with Crippen molar-refractivity contribution in [3.05, 3.63) is 48.8 Å². The lowest BCUT2D eigenvalue weighted by Crippen LogP contribution is -3.00. The van der Waals surface area contributed by atoms with Gasteiger partial charge in [0.05, 0.1) is 0 Å². The third kappa shape index (κ3) is 7.80. The molecule has 2 nitrogen and oxygen atoms in total. The van der Waals surface area contributed by atoms with Gasteiger partial charge in [-0.05, 0) is 12.1 Å². The fourth-order valence-electron chi connectivity index (χ4n) is 1.03. The highest BCUT2D eigenvalue weighted by Gasteiger charge is 1.93. The van der Waals surface area contributed by atoms with Crippen LogP contribution >= 0.6 is 25.3 Å². The largest absolute Gasteiger partial charge is 1.00 e. The lowest BCUT2D eigenvalue weighted by Gasteiger charge is -1.86. The van der Waals surface area contributed by atoms with Crippen LogP contribution in [0.3, 0.4) is 0 Å². The summed E-state index contributed by atoms with van der Waals surface area (Å²) in [7, 11) is 3.92. The van der Waals surface area contributed by atoms with Gasteiger partial charge in [-0.1, -0.05) is 25.3 Å². The molecule has 0 unspecified atom stereocenters. The maximum atomic E-state index is 4.16. The number of pyridine rings is 2. The Labute approximate surface area is 154 Å². The zero-order valence-corrected chi connectivity index (χ0v) is 16.3. The van der Waals surface area contributed by atoms with Crippen molar-refractivity contribution >= 4 is 25.3 Å². The highest BCUT2D eigenvalue weighted by molar-refractivity contribution is 7.80. The maximum absolute atomic E-state index is 4.16.